The molecule has 5 nitrogen and oxygen atoms in total. The Hall–Kier alpha value is -1.80. The van der Waals surface area contributed by atoms with Gasteiger partial charge in [0.15, 0.2) is 6.10 Å². The van der Waals surface area contributed by atoms with E-state index in [4.69, 9.17) is 0 Å². The molecule has 0 heterocycles. The van der Waals surface area contributed by atoms with Crippen LogP contribution < -0.4 is 0 Å². The van der Waals surface area contributed by atoms with Crippen molar-refractivity contribution in [1.29, 1.82) is 0 Å². The molecule has 0 spiro atoms. The highest BCUT2D eigenvalue weighted by molar-refractivity contribution is 5.75. The minimum absolute atomic E-state index is 0.0591. The van der Waals surface area contributed by atoms with E-state index in [-0.39, 0.29) is 6.61 Å². The Morgan fingerprint density at radius 2 is 1.90 bits per heavy atom. The number of aromatic hydroxyl groups is 1. The fourth-order valence-electron chi connectivity index (χ4n) is 1.51. The fraction of sp³-hybridized carbons (Fsp3) is 0.417. The number of phenols is 1. The molecular formula is C12H13F3O5. The Labute approximate surface area is 112 Å². The minimum Gasteiger partial charge on any atom is -0.508 e. The predicted molar refractivity (Wildman–Crippen MR) is 60.7 cm³/mol. The minimum atomic E-state index is -4.73. The molecule has 0 saturated heterocycles. The molecule has 20 heavy (non-hydrogen) atoms. The summed E-state index contributed by atoms with van der Waals surface area (Å²) in [7, 11) is 0. The van der Waals surface area contributed by atoms with Crippen LogP contribution in [0.15, 0.2) is 18.2 Å². The van der Waals surface area contributed by atoms with E-state index in [0.717, 1.165) is 6.07 Å². The first-order valence-corrected chi connectivity index (χ1v) is 5.60. The molecule has 0 fully saturated rings. The summed E-state index contributed by atoms with van der Waals surface area (Å²) in [5, 5.41) is 28.4. The van der Waals surface area contributed by atoms with Gasteiger partial charge in [-0.15, -0.1) is 0 Å². The summed E-state index contributed by atoms with van der Waals surface area (Å²) in [5.41, 5.74) is -1.65. The Morgan fingerprint density at radius 3 is 2.40 bits per heavy atom. The number of rotatable bonds is 4. The van der Waals surface area contributed by atoms with Gasteiger partial charge in [-0.25, -0.2) is 4.79 Å². The standard InChI is InChI=1S/C12H13F3O5/c1-2-20-11(19)10(18)9(17)6-3-7(12(13,14)15)5-8(16)4-6/h3-5,9-10,16-18H,2H2,1H3. The highest BCUT2D eigenvalue weighted by atomic mass is 19.4. The fourth-order valence-corrected chi connectivity index (χ4v) is 1.51. The Balaban J connectivity index is 3.07. The Kier molecular flexibility index (Phi) is 4.96. The number of hydrogen-bond acceptors (Lipinski definition) is 5. The quantitative estimate of drug-likeness (QED) is 0.730. The molecule has 112 valence electrons. The summed E-state index contributed by atoms with van der Waals surface area (Å²) in [5.74, 6) is -1.91. The molecule has 0 aliphatic heterocycles. The largest absolute Gasteiger partial charge is 0.508 e. The van der Waals surface area contributed by atoms with Crippen LogP contribution >= 0.6 is 0 Å². The van der Waals surface area contributed by atoms with E-state index in [1.165, 1.54) is 6.92 Å². The van der Waals surface area contributed by atoms with Crippen molar-refractivity contribution in [3.8, 4) is 5.75 Å². The second-order valence-corrected chi connectivity index (χ2v) is 3.95. The second kappa shape index (κ2) is 6.10. The van der Waals surface area contributed by atoms with Crippen molar-refractivity contribution in [2.75, 3.05) is 6.61 Å². The van der Waals surface area contributed by atoms with Gasteiger partial charge >= 0.3 is 12.1 Å². The van der Waals surface area contributed by atoms with Gasteiger partial charge in [0.1, 0.15) is 11.9 Å². The zero-order valence-electron chi connectivity index (χ0n) is 10.4. The maximum absolute atomic E-state index is 12.5. The lowest BCUT2D eigenvalue weighted by Gasteiger charge is -2.18. The van der Waals surface area contributed by atoms with Crippen LogP contribution in [0.1, 0.15) is 24.2 Å². The molecule has 1 rings (SSSR count). The molecular weight excluding hydrogens is 281 g/mol. The topological polar surface area (TPSA) is 87.0 Å². The Bertz CT molecular complexity index is 486. The lowest BCUT2D eigenvalue weighted by Crippen LogP contribution is -2.30. The van der Waals surface area contributed by atoms with Gasteiger partial charge in [-0.05, 0) is 30.7 Å². The first kappa shape index (κ1) is 16.3. The van der Waals surface area contributed by atoms with Gasteiger partial charge in [0.2, 0.25) is 0 Å². The van der Waals surface area contributed by atoms with Crippen molar-refractivity contribution < 1.29 is 38.0 Å². The van der Waals surface area contributed by atoms with Gasteiger partial charge in [-0.2, -0.15) is 13.2 Å². The maximum Gasteiger partial charge on any atom is 0.416 e. The maximum atomic E-state index is 12.5. The summed E-state index contributed by atoms with van der Waals surface area (Å²) in [4.78, 5) is 11.2. The number of halogens is 3. The number of aliphatic hydroxyl groups is 2. The molecule has 0 saturated carbocycles. The van der Waals surface area contributed by atoms with Crippen LogP contribution in [-0.2, 0) is 15.7 Å². The number of hydrogen-bond donors (Lipinski definition) is 3. The van der Waals surface area contributed by atoms with Crippen molar-refractivity contribution in [3.63, 3.8) is 0 Å². The van der Waals surface area contributed by atoms with E-state index >= 15 is 0 Å². The van der Waals surface area contributed by atoms with Crippen molar-refractivity contribution in [1.82, 2.24) is 0 Å². The predicted octanol–water partition coefficient (Wildman–Crippen LogP) is 1.37. The molecule has 0 aliphatic rings. The van der Waals surface area contributed by atoms with Crippen LogP contribution in [-0.4, -0.2) is 34.0 Å². The number of benzene rings is 1. The van der Waals surface area contributed by atoms with Crippen LogP contribution in [0.4, 0.5) is 13.2 Å². The van der Waals surface area contributed by atoms with Crippen LogP contribution in [0.25, 0.3) is 0 Å². The van der Waals surface area contributed by atoms with Crippen LogP contribution in [0.5, 0.6) is 5.75 Å². The molecule has 2 atom stereocenters. The monoisotopic (exact) mass is 294 g/mol. The molecule has 0 amide bonds. The van der Waals surface area contributed by atoms with E-state index < -0.39 is 41.2 Å². The lowest BCUT2D eigenvalue weighted by molar-refractivity contribution is -0.159. The highest BCUT2D eigenvalue weighted by Crippen LogP contribution is 2.34. The van der Waals surface area contributed by atoms with Gasteiger partial charge in [0, 0.05) is 0 Å². The van der Waals surface area contributed by atoms with E-state index in [1.54, 1.807) is 0 Å². The zero-order chi connectivity index (χ0) is 15.5. The molecule has 2 unspecified atom stereocenters. The molecule has 0 radical (unpaired) electrons. The molecule has 1 aromatic carbocycles. The van der Waals surface area contributed by atoms with Gasteiger partial charge in [0.05, 0.1) is 12.2 Å². The van der Waals surface area contributed by atoms with Crippen molar-refractivity contribution >= 4 is 5.97 Å². The SMILES string of the molecule is CCOC(=O)C(O)C(O)c1cc(O)cc(C(F)(F)F)c1. The van der Waals surface area contributed by atoms with Crippen molar-refractivity contribution in [2.24, 2.45) is 0 Å². The van der Waals surface area contributed by atoms with Gasteiger partial charge in [0.25, 0.3) is 0 Å². The van der Waals surface area contributed by atoms with Gasteiger partial charge in [-0.3, -0.25) is 0 Å². The summed E-state index contributed by atoms with van der Waals surface area (Å²) >= 11 is 0. The number of carbonyl (C=O) groups is 1. The van der Waals surface area contributed by atoms with Crippen LogP contribution in [0.3, 0.4) is 0 Å². The van der Waals surface area contributed by atoms with Crippen molar-refractivity contribution in [3.05, 3.63) is 29.3 Å². The smallest absolute Gasteiger partial charge is 0.416 e. The van der Waals surface area contributed by atoms with Gasteiger partial charge < -0.3 is 20.1 Å². The summed E-state index contributed by atoms with van der Waals surface area (Å²) in [6.45, 7) is 1.41. The third-order valence-electron chi connectivity index (χ3n) is 2.44. The van der Waals surface area contributed by atoms with Crippen molar-refractivity contribution in [2.45, 2.75) is 25.3 Å². The average Bonchev–Trinajstić information content (AvgIpc) is 2.35. The molecule has 3 N–H and O–H groups in total. The molecule has 1 aromatic rings. The summed E-state index contributed by atoms with van der Waals surface area (Å²) < 4.78 is 42.1. The second-order valence-electron chi connectivity index (χ2n) is 3.95. The number of carbonyl (C=O) groups excluding carboxylic acids is 1. The van der Waals surface area contributed by atoms with E-state index in [2.05, 4.69) is 4.74 Å². The van der Waals surface area contributed by atoms with E-state index in [0.29, 0.717) is 12.1 Å². The van der Waals surface area contributed by atoms with Crippen LogP contribution in [0, 0.1) is 0 Å². The zero-order valence-corrected chi connectivity index (χ0v) is 10.4. The molecule has 0 bridgehead atoms. The van der Waals surface area contributed by atoms with E-state index in [1.807, 2.05) is 0 Å². The molecule has 0 aromatic heterocycles. The highest BCUT2D eigenvalue weighted by Gasteiger charge is 2.34. The number of ether oxygens (including phenoxy) is 1. The summed E-state index contributed by atoms with van der Waals surface area (Å²) in [6, 6.07) is 1.82. The number of phenolic OH excluding ortho intramolecular Hbond substituents is 1. The normalized spacial score (nSPS) is 14.7. The third-order valence-corrected chi connectivity index (χ3v) is 2.44. The molecule has 0 aliphatic carbocycles. The lowest BCUT2D eigenvalue weighted by atomic mass is 10.0. The van der Waals surface area contributed by atoms with E-state index in [9.17, 15) is 33.3 Å². The summed E-state index contributed by atoms with van der Waals surface area (Å²) in [6.07, 6.45) is -8.72. The first-order chi connectivity index (χ1) is 9.16. The first-order valence-electron chi connectivity index (χ1n) is 5.60. The van der Waals surface area contributed by atoms with Crippen LogP contribution in [0.2, 0.25) is 0 Å². The third kappa shape index (κ3) is 3.84. The molecule has 8 heteroatoms. The average molecular weight is 294 g/mol. The number of alkyl halides is 3. The number of esters is 1. The number of aliphatic hydroxyl groups excluding tert-OH is 2. The van der Waals surface area contributed by atoms with Gasteiger partial charge in [-0.1, -0.05) is 0 Å². The Morgan fingerprint density at radius 1 is 1.30 bits per heavy atom.